The second kappa shape index (κ2) is 59.6. The minimum Gasteiger partial charge on any atom is -0.462 e. The van der Waals surface area contributed by atoms with Crippen LogP contribution < -0.4 is 0 Å². The van der Waals surface area contributed by atoms with Gasteiger partial charge in [0, 0.05) is 19.3 Å². The first-order valence-corrected chi connectivity index (χ1v) is 29.1. The van der Waals surface area contributed by atoms with Gasteiger partial charge in [0.05, 0.1) is 0 Å². The maximum atomic E-state index is 12.9. The van der Waals surface area contributed by atoms with Crippen molar-refractivity contribution in [1.29, 1.82) is 0 Å². The number of carbonyl (C=O) groups excluding carboxylic acids is 3. The van der Waals surface area contributed by atoms with E-state index in [1.165, 1.54) is 77.0 Å². The molecule has 73 heavy (non-hydrogen) atoms. The van der Waals surface area contributed by atoms with Gasteiger partial charge in [0.1, 0.15) is 13.2 Å². The highest BCUT2D eigenvalue weighted by Gasteiger charge is 2.19. The molecule has 1 atom stereocenters. The minimum absolute atomic E-state index is 0.116. The zero-order chi connectivity index (χ0) is 52.9. The molecule has 1 unspecified atom stereocenters. The molecule has 0 rings (SSSR count). The highest BCUT2D eigenvalue weighted by Crippen LogP contribution is 2.13. The normalized spacial score (nSPS) is 13.3. The Hall–Kier alpha value is -4.97. The third-order valence-corrected chi connectivity index (χ3v) is 11.7. The molecule has 0 heterocycles. The van der Waals surface area contributed by atoms with E-state index in [9.17, 15) is 14.4 Å². The van der Waals surface area contributed by atoms with E-state index < -0.39 is 6.10 Å². The number of esters is 3. The molecule has 6 heteroatoms. The molecule has 0 N–H and O–H groups in total. The van der Waals surface area contributed by atoms with E-state index in [2.05, 4.69) is 106 Å². The topological polar surface area (TPSA) is 78.9 Å². The van der Waals surface area contributed by atoms with Crippen molar-refractivity contribution in [3.05, 3.63) is 158 Å². The molecule has 0 saturated heterocycles. The lowest BCUT2D eigenvalue weighted by Gasteiger charge is -2.18. The maximum absolute atomic E-state index is 12.9. The van der Waals surface area contributed by atoms with Crippen LogP contribution in [-0.2, 0) is 28.6 Å². The van der Waals surface area contributed by atoms with E-state index in [0.29, 0.717) is 19.3 Å². The number of unbranched alkanes of at least 4 members (excludes halogenated alkanes) is 19. The maximum Gasteiger partial charge on any atom is 0.306 e. The lowest BCUT2D eigenvalue weighted by molar-refractivity contribution is -0.167. The number of hydrogen-bond donors (Lipinski definition) is 0. The van der Waals surface area contributed by atoms with Crippen molar-refractivity contribution in [2.75, 3.05) is 13.2 Å². The molecule has 0 aliphatic heterocycles. The summed E-state index contributed by atoms with van der Waals surface area (Å²) in [6.45, 7) is 6.29. The molecule has 0 amide bonds. The molecule has 6 nitrogen and oxygen atoms in total. The molecule has 0 saturated carbocycles. The van der Waals surface area contributed by atoms with Gasteiger partial charge in [0.2, 0.25) is 0 Å². The third-order valence-electron chi connectivity index (χ3n) is 11.7. The Balaban J connectivity index is 4.60. The van der Waals surface area contributed by atoms with Crippen LogP contribution in [-0.4, -0.2) is 37.2 Å². The van der Waals surface area contributed by atoms with Gasteiger partial charge in [-0.05, 0) is 109 Å². The Morgan fingerprint density at radius 3 is 1.03 bits per heavy atom. The molecule has 0 radical (unpaired) electrons. The van der Waals surface area contributed by atoms with Gasteiger partial charge in [-0.3, -0.25) is 14.4 Å². The number of ether oxygens (including phenoxy) is 3. The molecular formula is C67H104O6. The third kappa shape index (κ3) is 57.8. The van der Waals surface area contributed by atoms with Crippen molar-refractivity contribution in [2.45, 2.75) is 232 Å². The Bertz CT molecular complexity index is 1670. The molecule has 0 aliphatic rings. The van der Waals surface area contributed by atoms with Crippen molar-refractivity contribution in [2.24, 2.45) is 0 Å². The first-order valence-electron chi connectivity index (χ1n) is 29.1. The van der Waals surface area contributed by atoms with Crippen molar-refractivity contribution in [1.82, 2.24) is 0 Å². The standard InChI is InChI=1S/C67H104O6/c1-4-7-10-13-16-19-22-25-28-31-33-36-39-42-45-48-51-54-57-60-66(69)72-63-64(62-71-65(68)59-56-53-50-47-44-41-38-35-30-27-24-21-18-15-12-9-6-3)73-67(70)61-58-55-52-49-46-43-40-37-34-32-29-26-23-20-17-14-11-8-5-2/h7-8,10-11,13,16-17,19-20,22,25-31,33-34,36-37,39,42-43,45-46,64H,4-6,9,12,14-15,18,21,23-24,32,35,38,40-41,44,47-63H2,1-3H3/b10-7-,11-8-,16-13-,20-17-,22-19-,28-25-,29-26-,30-27-,33-31+,37-34-,39-36-,45-42-,46-43-. The second-order valence-electron chi connectivity index (χ2n) is 18.6. The molecule has 0 bridgehead atoms. The Morgan fingerprint density at radius 2 is 0.603 bits per heavy atom. The highest BCUT2D eigenvalue weighted by atomic mass is 16.6. The molecule has 0 aromatic carbocycles. The van der Waals surface area contributed by atoms with Crippen LogP contribution in [0.4, 0.5) is 0 Å². The first-order chi connectivity index (χ1) is 36.0. The zero-order valence-electron chi connectivity index (χ0n) is 46.6. The number of rotatable bonds is 50. The fourth-order valence-electron chi connectivity index (χ4n) is 7.39. The molecule has 0 aromatic rings. The van der Waals surface area contributed by atoms with Gasteiger partial charge >= 0.3 is 17.9 Å². The van der Waals surface area contributed by atoms with Crippen LogP contribution in [0.15, 0.2) is 158 Å². The van der Waals surface area contributed by atoms with Crippen LogP contribution in [0.2, 0.25) is 0 Å². The van der Waals surface area contributed by atoms with Gasteiger partial charge in [-0.2, -0.15) is 0 Å². The van der Waals surface area contributed by atoms with E-state index in [1.807, 2.05) is 72.9 Å². The average molecular weight is 1010 g/mol. The predicted octanol–water partition coefficient (Wildman–Crippen LogP) is 19.8. The summed E-state index contributed by atoms with van der Waals surface area (Å²) < 4.78 is 16.8. The lowest BCUT2D eigenvalue weighted by atomic mass is 10.1. The number of hydrogen-bond acceptors (Lipinski definition) is 6. The summed E-state index contributed by atoms with van der Waals surface area (Å²) >= 11 is 0. The summed E-state index contributed by atoms with van der Waals surface area (Å²) in [6, 6.07) is 0. The van der Waals surface area contributed by atoms with Gasteiger partial charge in [-0.15, -0.1) is 0 Å². The highest BCUT2D eigenvalue weighted by molar-refractivity contribution is 5.71. The molecule has 0 aliphatic carbocycles. The van der Waals surface area contributed by atoms with E-state index in [-0.39, 0.29) is 44.0 Å². The van der Waals surface area contributed by atoms with Crippen LogP contribution in [0.25, 0.3) is 0 Å². The molecular weight excluding hydrogens is 901 g/mol. The monoisotopic (exact) mass is 1000 g/mol. The predicted molar refractivity (Wildman–Crippen MR) is 315 cm³/mol. The van der Waals surface area contributed by atoms with E-state index in [4.69, 9.17) is 14.2 Å². The van der Waals surface area contributed by atoms with Crippen molar-refractivity contribution in [3.8, 4) is 0 Å². The van der Waals surface area contributed by atoms with Gasteiger partial charge < -0.3 is 14.2 Å². The Kier molecular flexibility index (Phi) is 55.5. The SMILES string of the molecule is CC\C=C/C=C\C=C/C=C\C=C\C=C/C=C\CCCCCC(=O)OCC(COC(=O)CCCCCCCCC/C=C\CCCCCCCC)OC(=O)CCCCC/C=C\C/C=C\C/C=C\C/C=C\C/C=C\CC. The summed E-state index contributed by atoms with van der Waals surface area (Å²) in [6.07, 6.45) is 86.5. The Morgan fingerprint density at radius 1 is 0.301 bits per heavy atom. The fraction of sp³-hybridized carbons (Fsp3) is 0.567. The second-order valence-corrected chi connectivity index (χ2v) is 18.6. The summed E-state index contributed by atoms with van der Waals surface area (Å²) in [7, 11) is 0. The minimum atomic E-state index is -0.826. The summed E-state index contributed by atoms with van der Waals surface area (Å²) in [5.41, 5.74) is 0. The Labute approximate surface area is 448 Å². The summed E-state index contributed by atoms with van der Waals surface area (Å²) in [5.74, 6) is -1.01. The van der Waals surface area contributed by atoms with Crippen LogP contribution in [0.1, 0.15) is 226 Å². The van der Waals surface area contributed by atoms with Crippen LogP contribution in [0.3, 0.4) is 0 Å². The van der Waals surface area contributed by atoms with Crippen LogP contribution in [0, 0.1) is 0 Å². The lowest BCUT2D eigenvalue weighted by Crippen LogP contribution is -2.30. The van der Waals surface area contributed by atoms with Crippen LogP contribution >= 0.6 is 0 Å². The van der Waals surface area contributed by atoms with E-state index in [1.54, 1.807) is 0 Å². The average Bonchev–Trinajstić information content (AvgIpc) is 3.39. The number of carbonyl (C=O) groups is 3. The van der Waals surface area contributed by atoms with Gasteiger partial charge in [-0.1, -0.05) is 256 Å². The quantitative estimate of drug-likeness (QED) is 0.0199. The first kappa shape index (κ1) is 68.0. The molecule has 0 fully saturated rings. The van der Waals surface area contributed by atoms with Crippen molar-refractivity contribution >= 4 is 17.9 Å². The van der Waals surface area contributed by atoms with Crippen LogP contribution in [0.5, 0.6) is 0 Å². The molecule has 0 aromatic heterocycles. The summed E-state index contributed by atoms with van der Waals surface area (Å²) in [5, 5.41) is 0. The van der Waals surface area contributed by atoms with Gasteiger partial charge in [-0.25, -0.2) is 0 Å². The van der Waals surface area contributed by atoms with Crippen molar-refractivity contribution in [3.63, 3.8) is 0 Å². The molecule has 0 spiro atoms. The summed E-state index contributed by atoms with van der Waals surface area (Å²) in [4.78, 5) is 38.2. The van der Waals surface area contributed by atoms with E-state index >= 15 is 0 Å². The number of allylic oxidation sites excluding steroid dienone is 26. The molecule has 408 valence electrons. The van der Waals surface area contributed by atoms with Gasteiger partial charge in [0.25, 0.3) is 0 Å². The fourth-order valence-corrected chi connectivity index (χ4v) is 7.39. The van der Waals surface area contributed by atoms with Gasteiger partial charge in [0.15, 0.2) is 6.10 Å². The van der Waals surface area contributed by atoms with E-state index in [0.717, 1.165) is 96.3 Å². The smallest absolute Gasteiger partial charge is 0.306 e. The zero-order valence-corrected chi connectivity index (χ0v) is 46.6. The largest absolute Gasteiger partial charge is 0.462 e. The van der Waals surface area contributed by atoms with Crippen molar-refractivity contribution < 1.29 is 28.6 Å².